The molecule has 3 rings (SSSR count). The minimum absolute atomic E-state index is 0.162. The van der Waals surface area contributed by atoms with Gasteiger partial charge in [-0.05, 0) is 37.1 Å². The molecule has 0 saturated heterocycles. The van der Waals surface area contributed by atoms with Crippen LogP contribution in [0.4, 0.5) is 0 Å². The first-order valence-electron chi connectivity index (χ1n) is 7.14. The predicted octanol–water partition coefficient (Wildman–Crippen LogP) is 2.13. The number of sulfone groups is 1. The maximum Gasteiger partial charge on any atom is 0.175 e. The third-order valence-corrected chi connectivity index (χ3v) is 6.04. The number of hydrogen-bond acceptors (Lipinski definition) is 4. The summed E-state index contributed by atoms with van der Waals surface area (Å²) in [5.41, 5.74) is 6.35. The summed E-state index contributed by atoms with van der Waals surface area (Å²) >= 11 is 0. The van der Waals surface area contributed by atoms with Crippen LogP contribution in [-0.4, -0.2) is 26.8 Å². The number of hydrogen-bond donors (Lipinski definition) is 1. The van der Waals surface area contributed by atoms with Crippen LogP contribution in [-0.2, 0) is 9.84 Å². The van der Waals surface area contributed by atoms with Crippen molar-refractivity contribution in [2.24, 2.45) is 11.1 Å². The normalized spacial score (nSPS) is 28.3. The lowest BCUT2D eigenvalue weighted by molar-refractivity contribution is -0.0620. The van der Waals surface area contributed by atoms with Crippen molar-refractivity contribution in [2.75, 3.05) is 6.26 Å². The molecule has 2 fully saturated rings. The number of rotatable bonds is 3. The van der Waals surface area contributed by atoms with E-state index in [1.165, 1.54) is 19.1 Å². The van der Waals surface area contributed by atoms with E-state index < -0.39 is 9.84 Å². The Balaban J connectivity index is 1.73. The van der Waals surface area contributed by atoms with E-state index in [1.54, 1.807) is 24.3 Å². The average Bonchev–Trinajstić information content (AvgIpc) is 2.90. The lowest BCUT2D eigenvalue weighted by Crippen LogP contribution is -2.62. The van der Waals surface area contributed by atoms with Crippen LogP contribution in [0.15, 0.2) is 29.2 Å². The molecule has 0 radical (unpaired) electrons. The maximum absolute atomic E-state index is 11.4. The molecule has 2 aliphatic carbocycles. The van der Waals surface area contributed by atoms with Gasteiger partial charge >= 0.3 is 0 Å². The Bertz CT molecular complexity index is 588. The van der Waals surface area contributed by atoms with Gasteiger partial charge in [0.2, 0.25) is 0 Å². The molecule has 2 atom stereocenters. The highest BCUT2D eigenvalue weighted by Crippen LogP contribution is 2.53. The number of ether oxygens (including phenoxy) is 1. The van der Waals surface area contributed by atoms with Crippen molar-refractivity contribution in [3.63, 3.8) is 0 Å². The van der Waals surface area contributed by atoms with E-state index in [0.29, 0.717) is 4.90 Å². The van der Waals surface area contributed by atoms with Crippen LogP contribution < -0.4 is 10.5 Å². The van der Waals surface area contributed by atoms with Gasteiger partial charge in [-0.25, -0.2) is 8.42 Å². The molecule has 0 amide bonds. The fourth-order valence-electron chi connectivity index (χ4n) is 3.60. The summed E-state index contributed by atoms with van der Waals surface area (Å²) in [5, 5.41) is 0. The third kappa shape index (κ3) is 2.23. The second-order valence-corrected chi connectivity index (χ2v) is 8.15. The summed E-state index contributed by atoms with van der Waals surface area (Å²) < 4.78 is 28.9. The highest BCUT2D eigenvalue weighted by atomic mass is 32.2. The van der Waals surface area contributed by atoms with Gasteiger partial charge < -0.3 is 10.5 Å². The summed E-state index contributed by atoms with van der Waals surface area (Å²) in [6.45, 7) is 0. The van der Waals surface area contributed by atoms with E-state index >= 15 is 0 Å². The maximum atomic E-state index is 11.4. The SMILES string of the molecule is CS(=O)(=O)c1ccc(OC2CC(N)C23CCCC3)cc1. The van der Waals surface area contributed by atoms with E-state index in [4.69, 9.17) is 10.5 Å². The molecule has 0 heterocycles. The standard InChI is InChI=1S/C15H21NO3S/c1-20(17,18)12-6-4-11(5-7-12)19-14-10-13(16)15(14)8-2-3-9-15/h4-7,13-14H,2-3,8-10,16H2,1H3. The van der Waals surface area contributed by atoms with Crippen LogP contribution in [0.1, 0.15) is 32.1 Å². The van der Waals surface area contributed by atoms with Crippen LogP contribution in [0, 0.1) is 5.41 Å². The first-order chi connectivity index (χ1) is 9.42. The van der Waals surface area contributed by atoms with E-state index in [0.717, 1.165) is 25.0 Å². The molecule has 0 aliphatic heterocycles. The molecule has 1 aromatic rings. The topological polar surface area (TPSA) is 69.4 Å². The van der Waals surface area contributed by atoms with Gasteiger partial charge in [-0.1, -0.05) is 12.8 Å². The van der Waals surface area contributed by atoms with E-state index in [9.17, 15) is 8.42 Å². The van der Waals surface area contributed by atoms with Gasteiger partial charge in [-0.15, -0.1) is 0 Å². The van der Waals surface area contributed by atoms with Crippen molar-refractivity contribution in [3.8, 4) is 5.75 Å². The molecule has 5 heteroatoms. The van der Waals surface area contributed by atoms with E-state index in [2.05, 4.69) is 0 Å². The molecule has 1 aromatic carbocycles. The van der Waals surface area contributed by atoms with Gasteiger partial charge in [0.1, 0.15) is 11.9 Å². The van der Waals surface area contributed by atoms with Crippen molar-refractivity contribution in [1.29, 1.82) is 0 Å². The summed E-state index contributed by atoms with van der Waals surface area (Å²) in [7, 11) is -3.15. The molecule has 0 aromatic heterocycles. The molecular formula is C15H21NO3S. The molecule has 1 spiro atoms. The van der Waals surface area contributed by atoms with Crippen molar-refractivity contribution in [3.05, 3.63) is 24.3 Å². The molecule has 2 N–H and O–H groups in total. The largest absolute Gasteiger partial charge is 0.490 e. The zero-order valence-corrected chi connectivity index (χ0v) is 12.5. The molecule has 2 unspecified atom stereocenters. The second-order valence-electron chi connectivity index (χ2n) is 6.13. The molecule has 20 heavy (non-hydrogen) atoms. The number of nitrogens with two attached hydrogens (primary N) is 1. The molecule has 110 valence electrons. The predicted molar refractivity (Wildman–Crippen MR) is 77.5 cm³/mol. The van der Waals surface area contributed by atoms with Crippen LogP contribution in [0.3, 0.4) is 0 Å². The summed E-state index contributed by atoms with van der Waals surface area (Å²) in [6, 6.07) is 6.94. The zero-order chi connectivity index (χ0) is 14.4. The van der Waals surface area contributed by atoms with Gasteiger partial charge in [-0.2, -0.15) is 0 Å². The van der Waals surface area contributed by atoms with Crippen molar-refractivity contribution in [1.82, 2.24) is 0 Å². The Kier molecular flexibility index (Phi) is 3.29. The van der Waals surface area contributed by atoms with Gasteiger partial charge in [0.05, 0.1) is 4.90 Å². The number of benzene rings is 1. The lowest BCUT2D eigenvalue weighted by atomic mass is 9.61. The van der Waals surface area contributed by atoms with E-state index in [-0.39, 0.29) is 17.6 Å². The first-order valence-corrected chi connectivity index (χ1v) is 9.03. The van der Waals surface area contributed by atoms with Gasteiger partial charge in [-0.3, -0.25) is 0 Å². The molecule has 2 saturated carbocycles. The highest BCUT2D eigenvalue weighted by Gasteiger charge is 2.56. The Morgan fingerprint density at radius 1 is 1.20 bits per heavy atom. The smallest absolute Gasteiger partial charge is 0.175 e. The van der Waals surface area contributed by atoms with Crippen molar-refractivity contribution >= 4 is 9.84 Å². The summed E-state index contributed by atoms with van der Waals surface area (Å²) in [6.07, 6.45) is 7.07. The molecule has 2 aliphatic rings. The Labute approximate surface area is 120 Å². The average molecular weight is 295 g/mol. The lowest BCUT2D eigenvalue weighted by Gasteiger charge is -2.52. The monoisotopic (exact) mass is 295 g/mol. The van der Waals surface area contributed by atoms with Crippen LogP contribution in [0.2, 0.25) is 0 Å². The Hall–Kier alpha value is -1.07. The van der Waals surface area contributed by atoms with E-state index in [1.807, 2.05) is 0 Å². The second kappa shape index (κ2) is 4.74. The fraction of sp³-hybridized carbons (Fsp3) is 0.600. The molecule has 0 bridgehead atoms. The van der Waals surface area contributed by atoms with Crippen LogP contribution in [0.5, 0.6) is 5.75 Å². The zero-order valence-electron chi connectivity index (χ0n) is 11.7. The van der Waals surface area contributed by atoms with Crippen molar-refractivity contribution in [2.45, 2.75) is 49.1 Å². The highest BCUT2D eigenvalue weighted by molar-refractivity contribution is 7.90. The van der Waals surface area contributed by atoms with Gasteiger partial charge in [0.25, 0.3) is 0 Å². The van der Waals surface area contributed by atoms with Crippen LogP contribution >= 0.6 is 0 Å². The minimum Gasteiger partial charge on any atom is -0.490 e. The van der Waals surface area contributed by atoms with Gasteiger partial charge in [0.15, 0.2) is 9.84 Å². The summed E-state index contributed by atoms with van der Waals surface area (Å²) in [4.78, 5) is 0.325. The first kappa shape index (κ1) is 13.9. The van der Waals surface area contributed by atoms with Crippen LogP contribution in [0.25, 0.3) is 0 Å². The quantitative estimate of drug-likeness (QED) is 0.927. The third-order valence-electron chi connectivity index (χ3n) is 4.91. The Morgan fingerprint density at radius 2 is 1.80 bits per heavy atom. The minimum atomic E-state index is -3.15. The fourth-order valence-corrected chi connectivity index (χ4v) is 4.23. The molecule has 4 nitrogen and oxygen atoms in total. The summed E-state index contributed by atoms with van der Waals surface area (Å²) in [5.74, 6) is 0.737. The Morgan fingerprint density at radius 3 is 2.30 bits per heavy atom. The molecular weight excluding hydrogens is 274 g/mol. The van der Waals surface area contributed by atoms with Crippen molar-refractivity contribution < 1.29 is 13.2 Å². The van der Waals surface area contributed by atoms with Gasteiger partial charge in [0, 0.05) is 24.1 Å².